The van der Waals surface area contributed by atoms with Crippen LogP contribution in [0.1, 0.15) is 16.7 Å². The fourth-order valence-electron chi connectivity index (χ4n) is 7.15. The van der Waals surface area contributed by atoms with Gasteiger partial charge in [-0.3, -0.25) is 19.3 Å². The molecule has 4 unspecified atom stereocenters. The smallest absolute Gasteiger partial charge is 0.410 e. The van der Waals surface area contributed by atoms with E-state index in [0.717, 1.165) is 5.56 Å². The highest BCUT2D eigenvalue weighted by atomic mass is 35.5. The summed E-state index contributed by atoms with van der Waals surface area (Å²) < 4.78 is 5.60. The van der Waals surface area contributed by atoms with Crippen molar-refractivity contribution in [2.24, 2.45) is 11.8 Å². The molecule has 0 saturated carbocycles. The van der Waals surface area contributed by atoms with Gasteiger partial charge in [0.1, 0.15) is 12.1 Å². The predicted octanol–water partition coefficient (Wildman–Crippen LogP) is 3.94. The summed E-state index contributed by atoms with van der Waals surface area (Å²) in [6, 6.07) is 21.1. The predicted molar refractivity (Wildman–Crippen MR) is 151 cm³/mol. The molecule has 208 valence electrons. The van der Waals surface area contributed by atoms with E-state index in [-0.39, 0.29) is 31.5 Å². The molecule has 3 saturated heterocycles. The first-order valence-electron chi connectivity index (χ1n) is 13.6. The maximum absolute atomic E-state index is 14.3. The van der Waals surface area contributed by atoms with E-state index in [9.17, 15) is 19.2 Å². The number of fused-ring (bicyclic) bond motifs is 7. The van der Waals surface area contributed by atoms with Crippen LogP contribution in [0.25, 0.3) is 0 Å². The van der Waals surface area contributed by atoms with Crippen LogP contribution in [0.15, 0.2) is 72.8 Å². The molecule has 7 rings (SSSR count). The molecule has 0 radical (unpaired) electrons. The van der Waals surface area contributed by atoms with E-state index in [2.05, 4.69) is 5.32 Å². The third-order valence-corrected chi connectivity index (χ3v) is 9.37. The molecule has 3 aromatic rings. The zero-order valence-corrected chi connectivity index (χ0v) is 23.0. The molecule has 4 amide bonds. The van der Waals surface area contributed by atoms with Crippen LogP contribution in [-0.4, -0.2) is 59.3 Å². The number of halogens is 1. The van der Waals surface area contributed by atoms with Crippen molar-refractivity contribution in [2.75, 3.05) is 29.9 Å². The number of amides is 4. The van der Waals surface area contributed by atoms with Crippen molar-refractivity contribution in [3.63, 3.8) is 0 Å². The molecule has 0 aromatic heterocycles. The lowest BCUT2D eigenvalue weighted by Crippen LogP contribution is -2.62. The fourth-order valence-corrected chi connectivity index (χ4v) is 7.31. The molecule has 4 atom stereocenters. The molecule has 3 fully saturated rings. The molecular weight excluding hydrogens is 544 g/mol. The number of hydrogen-bond donors (Lipinski definition) is 1. The van der Waals surface area contributed by atoms with Gasteiger partial charge in [-0.15, -0.1) is 0 Å². The van der Waals surface area contributed by atoms with Crippen LogP contribution in [0.5, 0.6) is 0 Å². The van der Waals surface area contributed by atoms with Crippen LogP contribution in [0.4, 0.5) is 16.2 Å². The van der Waals surface area contributed by atoms with Gasteiger partial charge in [-0.25, -0.2) is 9.69 Å². The highest BCUT2D eigenvalue weighted by Crippen LogP contribution is 2.59. The van der Waals surface area contributed by atoms with Crippen LogP contribution >= 0.6 is 11.6 Å². The highest BCUT2D eigenvalue weighted by Gasteiger charge is 2.74. The van der Waals surface area contributed by atoms with Gasteiger partial charge in [-0.05, 0) is 36.2 Å². The summed E-state index contributed by atoms with van der Waals surface area (Å²) in [5, 5.41) is 3.49. The molecule has 0 aliphatic carbocycles. The standard InChI is InChI=1S/C31H27ClN4O5/c1-18-22(32)13-12-21-26(18)33-29(39)31(21)25-24(27(37)36(28(25)38)20-10-6-3-7-11-20)23-16-34(14-15-35(23)31)30(40)41-17-19-8-4-2-5-9-19/h2-13,23-25H,14-17H2,1H3,(H,33,39). The Balaban J connectivity index is 1.29. The Morgan fingerprint density at radius 3 is 2.41 bits per heavy atom. The normalized spacial score (nSPS) is 26.7. The summed E-state index contributed by atoms with van der Waals surface area (Å²) in [7, 11) is 0. The number of benzene rings is 3. The number of piperazine rings is 1. The van der Waals surface area contributed by atoms with Gasteiger partial charge in [0.2, 0.25) is 17.7 Å². The first-order chi connectivity index (χ1) is 19.8. The average Bonchev–Trinajstić information content (AvgIpc) is 3.56. The summed E-state index contributed by atoms with van der Waals surface area (Å²) in [5.41, 5.74) is 1.83. The number of carbonyl (C=O) groups excluding carboxylic acids is 4. The highest BCUT2D eigenvalue weighted by molar-refractivity contribution is 6.32. The van der Waals surface area contributed by atoms with E-state index in [1.54, 1.807) is 41.3 Å². The second-order valence-electron chi connectivity index (χ2n) is 10.9. The Bertz CT molecular complexity index is 1600. The number of anilines is 2. The first kappa shape index (κ1) is 25.7. The Hall–Kier alpha value is -4.21. The van der Waals surface area contributed by atoms with Gasteiger partial charge >= 0.3 is 6.09 Å². The van der Waals surface area contributed by atoms with Gasteiger partial charge in [0, 0.05) is 36.3 Å². The average molecular weight is 571 g/mol. The molecule has 4 aliphatic rings. The zero-order valence-electron chi connectivity index (χ0n) is 22.2. The molecule has 3 aromatic carbocycles. The molecule has 10 heteroatoms. The largest absolute Gasteiger partial charge is 0.445 e. The van der Waals surface area contributed by atoms with E-state index in [1.807, 2.05) is 48.2 Å². The fraction of sp³-hybridized carbons (Fsp3) is 0.290. The Morgan fingerprint density at radius 1 is 0.976 bits per heavy atom. The minimum atomic E-state index is -1.41. The van der Waals surface area contributed by atoms with Gasteiger partial charge in [0.15, 0.2) is 0 Å². The van der Waals surface area contributed by atoms with Crippen molar-refractivity contribution in [2.45, 2.75) is 25.1 Å². The molecule has 4 aliphatic heterocycles. The van der Waals surface area contributed by atoms with E-state index in [4.69, 9.17) is 16.3 Å². The number of carbonyl (C=O) groups is 4. The number of imide groups is 1. The minimum absolute atomic E-state index is 0.121. The van der Waals surface area contributed by atoms with Crippen molar-refractivity contribution in [3.8, 4) is 0 Å². The summed E-state index contributed by atoms with van der Waals surface area (Å²) in [5.74, 6) is -2.95. The second-order valence-corrected chi connectivity index (χ2v) is 11.3. The molecule has 1 spiro atoms. The lowest BCUT2D eigenvalue weighted by molar-refractivity contribution is -0.137. The van der Waals surface area contributed by atoms with Crippen molar-refractivity contribution in [3.05, 3.63) is 94.5 Å². The van der Waals surface area contributed by atoms with Crippen LogP contribution < -0.4 is 10.2 Å². The first-order valence-corrected chi connectivity index (χ1v) is 14.0. The number of para-hydroxylation sites is 1. The third kappa shape index (κ3) is 3.58. The summed E-state index contributed by atoms with van der Waals surface area (Å²) >= 11 is 6.41. The van der Waals surface area contributed by atoms with Crippen LogP contribution in [0.2, 0.25) is 5.02 Å². The lowest BCUT2D eigenvalue weighted by atomic mass is 9.76. The molecule has 0 bridgehead atoms. The molecule has 41 heavy (non-hydrogen) atoms. The molecule has 9 nitrogen and oxygen atoms in total. The van der Waals surface area contributed by atoms with Crippen molar-refractivity contribution in [1.82, 2.24) is 9.80 Å². The van der Waals surface area contributed by atoms with E-state index < -0.39 is 35.4 Å². The second kappa shape index (κ2) is 9.43. The van der Waals surface area contributed by atoms with Crippen LogP contribution in [-0.2, 0) is 31.3 Å². The van der Waals surface area contributed by atoms with Crippen LogP contribution in [0.3, 0.4) is 0 Å². The Labute approximate surface area is 241 Å². The van der Waals surface area contributed by atoms with E-state index in [1.165, 1.54) is 4.90 Å². The van der Waals surface area contributed by atoms with Gasteiger partial charge in [0.25, 0.3) is 0 Å². The molecule has 4 heterocycles. The molecule has 1 N–H and O–H groups in total. The van der Waals surface area contributed by atoms with Gasteiger partial charge in [-0.1, -0.05) is 66.2 Å². The third-order valence-electron chi connectivity index (χ3n) is 8.96. The summed E-state index contributed by atoms with van der Waals surface area (Å²) in [4.78, 5) is 60.4. The maximum Gasteiger partial charge on any atom is 0.410 e. The monoisotopic (exact) mass is 570 g/mol. The van der Waals surface area contributed by atoms with Gasteiger partial charge in [0.05, 0.1) is 23.2 Å². The van der Waals surface area contributed by atoms with Crippen LogP contribution in [0, 0.1) is 18.8 Å². The van der Waals surface area contributed by atoms with Gasteiger partial charge < -0.3 is 15.0 Å². The summed E-state index contributed by atoms with van der Waals surface area (Å²) in [6.45, 7) is 2.66. The molecular formula is C31H27ClN4O5. The topological polar surface area (TPSA) is 99.3 Å². The van der Waals surface area contributed by atoms with E-state index >= 15 is 0 Å². The minimum Gasteiger partial charge on any atom is -0.445 e. The summed E-state index contributed by atoms with van der Waals surface area (Å²) in [6.07, 6.45) is -0.499. The SMILES string of the molecule is Cc1c(Cl)ccc2c1NC(=O)C21C2C(=O)N(c3ccccc3)C(=O)C2C2CN(C(=O)OCc3ccccc3)CCN21. The number of nitrogens with one attached hydrogen (secondary N) is 1. The number of ether oxygens (including phenoxy) is 1. The number of hydrogen-bond acceptors (Lipinski definition) is 6. The maximum atomic E-state index is 14.3. The number of nitrogens with zero attached hydrogens (tertiary/aromatic N) is 3. The lowest BCUT2D eigenvalue weighted by Gasteiger charge is -2.44. The van der Waals surface area contributed by atoms with Crippen molar-refractivity contribution >= 4 is 46.8 Å². The Kier molecular flexibility index (Phi) is 5.92. The Morgan fingerprint density at radius 2 is 1.68 bits per heavy atom. The van der Waals surface area contributed by atoms with Crippen molar-refractivity contribution < 1.29 is 23.9 Å². The number of rotatable bonds is 3. The van der Waals surface area contributed by atoms with E-state index in [0.29, 0.717) is 34.1 Å². The zero-order chi connectivity index (χ0) is 28.5. The van der Waals surface area contributed by atoms with Crippen molar-refractivity contribution in [1.29, 1.82) is 0 Å². The quantitative estimate of drug-likeness (QED) is 0.479. The van der Waals surface area contributed by atoms with Gasteiger partial charge in [-0.2, -0.15) is 0 Å².